The van der Waals surface area contributed by atoms with E-state index in [9.17, 15) is 0 Å². The summed E-state index contributed by atoms with van der Waals surface area (Å²) in [5.41, 5.74) is 0. The number of benzene rings is 1. The summed E-state index contributed by atoms with van der Waals surface area (Å²) in [6.07, 6.45) is 3.79. The minimum Gasteiger partial charge on any atom is -0.493 e. The van der Waals surface area contributed by atoms with E-state index in [1.807, 2.05) is 24.3 Å². The number of rotatable bonds is 3. The minimum atomic E-state index is 0.707. The molecule has 1 aliphatic rings. The first-order chi connectivity index (χ1) is 7.84. The van der Waals surface area contributed by atoms with Crippen molar-refractivity contribution >= 4 is 15.9 Å². The van der Waals surface area contributed by atoms with Crippen LogP contribution in [0.4, 0.5) is 0 Å². The molecule has 1 aromatic carbocycles. The molecule has 0 amide bonds. The van der Waals surface area contributed by atoms with Gasteiger partial charge in [-0.25, -0.2) is 0 Å². The van der Waals surface area contributed by atoms with E-state index in [-0.39, 0.29) is 0 Å². The van der Waals surface area contributed by atoms with Crippen molar-refractivity contribution in [3.63, 3.8) is 0 Å². The van der Waals surface area contributed by atoms with Crippen molar-refractivity contribution in [1.82, 2.24) is 5.32 Å². The highest BCUT2D eigenvalue weighted by Crippen LogP contribution is 2.19. The molecule has 1 fully saturated rings. The molecule has 1 saturated heterocycles. The zero-order chi connectivity index (χ0) is 11.2. The summed E-state index contributed by atoms with van der Waals surface area (Å²) in [6, 6.07) is 8.06. The molecule has 0 aromatic heterocycles. The Labute approximate surface area is 106 Å². The summed E-state index contributed by atoms with van der Waals surface area (Å²) in [5, 5.41) is 3.42. The van der Waals surface area contributed by atoms with Crippen LogP contribution in [0.1, 0.15) is 19.3 Å². The van der Waals surface area contributed by atoms with Crippen molar-refractivity contribution in [2.75, 3.05) is 19.7 Å². The van der Waals surface area contributed by atoms with E-state index in [0.717, 1.165) is 29.9 Å². The van der Waals surface area contributed by atoms with E-state index in [1.165, 1.54) is 19.3 Å². The van der Waals surface area contributed by atoms with Crippen LogP contribution in [0.3, 0.4) is 0 Å². The summed E-state index contributed by atoms with van der Waals surface area (Å²) in [7, 11) is 0. The fourth-order valence-corrected chi connectivity index (χ4v) is 2.27. The number of hydrogen-bond acceptors (Lipinski definition) is 2. The molecule has 1 atom stereocenters. The highest BCUT2D eigenvalue weighted by molar-refractivity contribution is 9.10. The molecule has 0 radical (unpaired) electrons. The van der Waals surface area contributed by atoms with Crippen molar-refractivity contribution in [2.24, 2.45) is 5.92 Å². The van der Waals surface area contributed by atoms with Gasteiger partial charge in [0.05, 0.1) is 6.61 Å². The first-order valence-electron chi connectivity index (χ1n) is 5.94. The second-order valence-corrected chi connectivity index (χ2v) is 5.23. The van der Waals surface area contributed by atoms with E-state index in [2.05, 4.69) is 21.2 Å². The molecular formula is C13H18BrNO. The van der Waals surface area contributed by atoms with Gasteiger partial charge in [0.1, 0.15) is 5.75 Å². The Morgan fingerprint density at radius 3 is 2.81 bits per heavy atom. The fourth-order valence-electron chi connectivity index (χ4n) is 2.00. The smallest absolute Gasteiger partial charge is 0.119 e. The van der Waals surface area contributed by atoms with E-state index < -0.39 is 0 Å². The fraction of sp³-hybridized carbons (Fsp3) is 0.538. The van der Waals surface area contributed by atoms with Gasteiger partial charge in [-0.15, -0.1) is 0 Å². The Balaban J connectivity index is 1.79. The molecule has 0 saturated carbocycles. The second kappa shape index (κ2) is 6.26. The largest absolute Gasteiger partial charge is 0.493 e. The van der Waals surface area contributed by atoms with E-state index in [4.69, 9.17) is 4.74 Å². The SMILES string of the molecule is Brc1ccc(OCC2CCCNCC2)cc1. The van der Waals surface area contributed by atoms with Crippen molar-refractivity contribution in [1.29, 1.82) is 0 Å². The van der Waals surface area contributed by atoms with Gasteiger partial charge in [0.2, 0.25) is 0 Å². The average Bonchev–Trinajstić information content (AvgIpc) is 2.57. The van der Waals surface area contributed by atoms with Crippen LogP contribution in [0.2, 0.25) is 0 Å². The molecule has 0 aliphatic carbocycles. The molecule has 2 rings (SSSR count). The molecule has 3 heteroatoms. The third-order valence-electron chi connectivity index (χ3n) is 2.99. The zero-order valence-corrected chi connectivity index (χ0v) is 11.0. The van der Waals surface area contributed by atoms with Gasteiger partial charge in [0, 0.05) is 4.47 Å². The van der Waals surface area contributed by atoms with Gasteiger partial charge < -0.3 is 10.1 Å². The lowest BCUT2D eigenvalue weighted by molar-refractivity contribution is 0.236. The van der Waals surface area contributed by atoms with Crippen molar-refractivity contribution < 1.29 is 4.74 Å². The predicted molar refractivity (Wildman–Crippen MR) is 69.8 cm³/mol. The first-order valence-corrected chi connectivity index (χ1v) is 6.73. The summed E-state index contributed by atoms with van der Waals surface area (Å²) >= 11 is 3.42. The zero-order valence-electron chi connectivity index (χ0n) is 9.42. The maximum absolute atomic E-state index is 5.81. The lowest BCUT2D eigenvalue weighted by Gasteiger charge is -2.14. The first kappa shape index (κ1) is 11.9. The van der Waals surface area contributed by atoms with Gasteiger partial charge in [-0.1, -0.05) is 15.9 Å². The van der Waals surface area contributed by atoms with Gasteiger partial charge in [-0.3, -0.25) is 0 Å². The Morgan fingerprint density at radius 1 is 1.19 bits per heavy atom. The second-order valence-electron chi connectivity index (χ2n) is 4.31. The standard InChI is InChI=1S/C13H18BrNO/c14-12-3-5-13(6-4-12)16-10-11-2-1-8-15-9-7-11/h3-6,11,15H,1-2,7-10H2. The Hall–Kier alpha value is -0.540. The Morgan fingerprint density at radius 2 is 2.00 bits per heavy atom. The normalized spacial score (nSPS) is 21.4. The molecule has 0 bridgehead atoms. The quantitative estimate of drug-likeness (QED) is 0.920. The molecule has 0 spiro atoms. The van der Waals surface area contributed by atoms with Crippen molar-refractivity contribution in [3.05, 3.63) is 28.7 Å². The summed E-state index contributed by atoms with van der Waals surface area (Å²) in [5.74, 6) is 1.68. The van der Waals surface area contributed by atoms with E-state index in [1.54, 1.807) is 0 Å². The van der Waals surface area contributed by atoms with Gasteiger partial charge in [0.15, 0.2) is 0 Å². The summed E-state index contributed by atoms with van der Waals surface area (Å²) < 4.78 is 6.90. The van der Waals surface area contributed by atoms with Crippen LogP contribution >= 0.6 is 15.9 Å². The van der Waals surface area contributed by atoms with Gasteiger partial charge in [-0.05, 0) is 62.5 Å². The highest BCUT2D eigenvalue weighted by atomic mass is 79.9. The van der Waals surface area contributed by atoms with Crippen LogP contribution in [0.25, 0.3) is 0 Å². The van der Waals surface area contributed by atoms with Crippen LogP contribution < -0.4 is 10.1 Å². The minimum absolute atomic E-state index is 0.707. The van der Waals surface area contributed by atoms with Gasteiger partial charge in [0.25, 0.3) is 0 Å². The maximum Gasteiger partial charge on any atom is 0.119 e. The van der Waals surface area contributed by atoms with Crippen LogP contribution in [-0.4, -0.2) is 19.7 Å². The molecule has 1 N–H and O–H groups in total. The van der Waals surface area contributed by atoms with Gasteiger partial charge in [-0.2, -0.15) is 0 Å². The molecule has 88 valence electrons. The van der Waals surface area contributed by atoms with Crippen molar-refractivity contribution in [2.45, 2.75) is 19.3 Å². The van der Waals surface area contributed by atoms with Crippen LogP contribution in [0.5, 0.6) is 5.75 Å². The number of hydrogen-bond donors (Lipinski definition) is 1. The predicted octanol–water partition coefficient (Wildman–Crippen LogP) is 3.22. The maximum atomic E-state index is 5.81. The molecular weight excluding hydrogens is 266 g/mol. The summed E-state index contributed by atoms with van der Waals surface area (Å²) in [4.78, 5) is 0. The van der Waals surface area contributed by atoms with Gasteiger partial charge >= 0.3 is 0 Å². The summed E-state index contributed by atoms with van der Waals surface area (Å²) in [6.45, 7) is 3.15. The van der Waals surface area contributed by atoms with Crippen molar-refractivity contribution in [3.8, 4) is 5.75 Å². The molecule has 16 heavy (non-hydrogen) atoms. The van der Waals surface area contributed by atoms with E-state index in [0.29, 0.717) is 5.92 Å². The lowest BCUT2D eigenvalue weighted by Crippen LogP contribution is -2.16. The molecule has 1 unspecified atom stereocenters. The highest BCUT2D eigenvalue weighted by Gasteiger charge is 2.12. The number of ether oxygens (including phenoxy) is 1. The Kier molecular flexibility index (Phi) is 4.67. The molecule has 1 heterocycles. The Bertz CT molecular complexity index is 304. The van der Waals surface area contributed by atoms with Crippen LogP contribution in [0.15, 0.2) is 28.7 Å². The average molecular weight is 284 g/mol. The van der Waals surface area contributed by atoms with Crippen LogP contribution in [0, 0.1) is 5.92 Å². The molecule has 2 nitrogen and oxygen atoms in total. The number of halogens is 1. The molecule has 1 aromatic rings. The van der Waals surface area contributed by atoms with Crippen LogP contribution in [-0.2, 0) is 0 Å². The third-order valence-corrected chi connectivity index (χ3v) is 3.52. The lowest BCUT2D eigenvalue weighted by atomic mass is 10.0. The molecule has 1 aliphatic heterocycles. The van der Waals surface area contributed by atoms with E-state index >= 15 is 0 Å². The topological polar surface area (TPSA) is 21.3 Å². The number of nitrogens with one attached hydrogen (secondary N) is 1. The third kappa shape index (κ3) is 3.80. The monoisotopic (exact) mass is 283 g/mol.